The van der Waals surface area contributed by atoms with Crippen molar-refractivity contribution in [1.29, 1.82) is 0 Å². The number of methoxy groups -OCH3 is 1. The van der Waals surface area contributed by atoms with Crippen LogP contribution < -0.4 is 14.8 Å². The number of hydrogen-bond acceptors (Lipinski definition) is 6. The van der Waals surface area contributed by atoms with Gasteiger partial charge in [0.1, 0.15) is 12.4 Å². The standard InChI is InChI=1S/C26H30F2N4O2/c1-4-17-13-23(33-3)25(28)22(24(17)27)16-34-21-14-29-26(30-15-21)31-20-7-5-18(6-8-20)19-9-11-32(2)12-10-19/h5-8,13-15,19H,4,9-12,16H2,1-3H3,(H,29,30,31). The van der Waals surface area contributed by atoms with E-state index in [1.165, 1.54) is 44.0 Å². The van der Waals surface area contributed by atoms with Gasteiger partial charge in [0.25, 0.3) is 0 Å². The first-order chi connectivity index (χ1) is 16.5. The van der Waals surface area contributed by atoms with Crippen molar-refractivity contribution in [3.8, 4) is 11.5 Å². The van der Waals surface area contributed by atoms with E-state index < -0.39 is 11.6 Å². The van der Waals surface area contributed by atoms with E-state index in [1.807, 2.05) is 12.1 Å². The molecule has 3 aromatic rings. The highest BCUT2D eigenvalue weighted by Crippen LogP contribution is 2.30. The molecule has 2 heterocycles. The van der Waals surface area contributed by atoms with Crippen LogP contribution in [-0.2, 0) is 13.0 Å². The van der Waals surface area contributed by atoms with Crippen LogP contribution in [0, 0.1) is 11.6 Å². The first-order valence-corrected chi connectivity index (χ1v) is 11.5. The van der Waals surface area contributed by atoms with Crippen molar-refractivity contribution in [2.45, 2.75) is 38.7 Å². The molecular formula is C26H30F2N4O2. The molecule has 1 aliphatic heterocycles. The van der Waals surface area contributed by atoms with Crippen LogP contribution in [0.4, 0.5) is 20.4 Å². The fraction of sp³-hybridized carbons (Fsp3) is 0.385. The second kappa shape index (κ2) is 10.8. The third kappa shape index (κ3) is 5.44. The number of benzene rings is 2. The third-order valence-electron chi connectivity index (χ3n) is 6.30. The number of aromatic nitrogens is 2. The van der Waals surface area contributed by atoms with Crippen molar-refractivity contribution in [1.82, 2.24) is 14.9 Å². The Labute approximate surface area is 198 Å². The summed E-state index contributed by atoms with van der Waals surface area (Å²) in [5.74, 6) is -0.0712. The highest BCUT2D eigenvalue weighted by Gasteiger charge is 2.20. The van der Waals surface area contributed by atoms with Crippen LogP contribution in [0.5, 0.6) is 11.5 Å². The number of aryl methyl sites for hydroxylation is 1. The fourth-order valence-corrected chi connectivity index (χ4v) is 4.18. The Morgan fingerprint density at radius 3 is 2.35 bits per heavy atom. The van der Waals surface area contributed by atoms with Crippen molar-refractivity contribution in [3.05, 3.63) is 71.1 Å². The van der Waals surface area contributed by atoms with E-state index in [2.05, 4.69) is 39.4 Å². The minimum Gasteiger partial charge on any atom is -0.494 e. The maximum atomic E-state index is 14.6. The summed E-state index contributed by atoms with van der Waals surface area (Å²) >= 11 is 0. The molecule has 0 spiro atoms. The lowest BCUT2D eigenvalue weighted by Crippen LogP contribution is -2.29. The molecule has 8 heteroatoms. The predicted molar refractivity (Wildman–Crippen MR) is 128 cm³/mol. The van der Waals surface area contributed by atoms with Gasteiger partial charge in [-0.3, -0.25) is 0 Å². The Morgan fingerprint density at radius 1 is 1.06 bits per heavy atom. The van der Waals surface area contributed by atoms with Gasteiger partial charge in [0, 0.05) is 5.69 Å². The summed E-state index contributed by atoms with van der Waals surface area (Å²) in [5.41, 5.74) is 2.43. The molecule has 1 saturated heterocycles. The van der Waals surface area contributed by atoms with E-state index in [9.17, 15) is 8.78 Å². The first kappa shape index (κ1) is 23.9. The minimum atomic E-state index is -0.764. The maximum absolute atomic E-state index is 14.6. The molecule has 0 bridgehead atoms. The number of hydrogen-bond donors (Lipinski definition) is 1. The van der Waals surface area contributed by atoms with Crippen molar-refractivity contribution < 1.29 is 18.3 Å². The predicted octanol–water partition coefficient (Wildman–Crippen LogP) is 5.46. The van der Waals surface area contributed by atoms with Crippen LogP contribution in [0.25, 0.3) is 0 Å². The number of anilines is 2. The molecule has 0 unspecified atom stereocenters. The fourth-order valence-electron chi connectivity index (χ4n) is 4.18. The monoisotopic (exact) mass is 468 g/mol. The Bertz CT molecular complexity index is 1070. The molecule has 34 heavy (non-hydrogen) atoms. The summed E-state index contributed by atoms with van der Waals surface area (Å²) in [7, 11) is 3.51. The SMILES string of the molecule is CCc1cc(OC)c(F)c(COc2cnc(Nc3ccc(C4CCN(C)CC4)cc3)nc2)c1F. The summed E-state index contributed by atoms with van der Waals surface area (Å²) < 4.78 is 39.7. The molecule has 6 nitrogen and oxygen atoms in total. The zero-order chi connectivity index (χ0) is 24.1. The lowest BCUT2D eigenvalue weighted by atomic mass is 9.89. The number of nitrogens with zero attached hydrogens (tertiary/aromatic N) is 3. The largest absolute Gasteiger partial charge is 0.494 e. The molecule has 0 atom stereocenters. The highest BCUT2D eigenvalue weighted by molar-refractivity contribution is 5.54. The average Bonchev–Trinajstić information content (AvgIpc) is 2.86. The molecule has 1 aromatic heterocycles. The second-order valence-corrected chi connectivity index (χ2v) is 8.55. The van der Waals surface area contributed by atoms with Crippen molar-refractivity contribution in [3.63, 3.8) is 0 Å². The lowest BCUT2D eigenvalue weighted by molar-refractivity contribution is 0.255. The molecule has 0 radical (unpaired) electrons. The molecule has 1 N–H and O–H groups in total. The number of piperidine rings is 1. The van der Waals surface area contributed by atoms with E-state index >= 15 is 0 Å². The summed E-state index contributed by atoms with van der Waals surface area (Å²) in [6.45, 7) is 3.76. The van der Waals surface area contributed by atoms with Crippen LogP contribution in [0.15, 0.2) is 42.7 Å². The summed E-state index contributed by atoms with van der Waals surface area (Å²) in [6, 6.07) is 9.73. The minimum absolute atomic E-state index is 0.00510. The highest BCUT2D eigenvalue weighted by atomic mass is 19.1. The number of likely N-dealkylation sites (tertiary alicyclic amines) is 1. The Hall–Kier alpha value is -3.26. The molecule has 1 fully saturated rings. The topological polar surface area (TPSA) is 59.5 Å². The molecular weight excluding hydrogens is 438 g/mol. The van der Waals surface area contributed by atoms with Gasteiger partial charge >= 0.3 is 0 Å². The van der Waals surface area contributed by atoms with Gasteiger partial charge in [0.15, 0.2) is 17.3 Å². The van der Waals surface area contributed by atoms with Crippen LogP contribution in [0.2, 0.25) is 0 Å². The Balaban J connectivity index is 1.37. The van der Waals surface area contributed by atoms with Gasteiger partial charge in [0.2, 0.25) is 5.95 Å². The Kier molecular flexibility index (Phi) is 7.57. The van der Waals surface area contributed by atoms with Crippen molar-refractivity contribution >= 4 is 11.6 Å². The van der Waals surface area contributed by atoms with E-state index in [0.717, 1.165) is 18.8 Å². The van der Waals surface area contributed by atoms with Gasteiger partial charge in [-0.25, -0.2) is 18.7 Å². The molecule has 0 amide bonds. The van der Waals surface area contributed by atoms with Gasteiger partial charge in [-0.1, -0.05) is 19.1 Å². The van der Waals surface area contributed by atoms with Gasteiger partial charge in [-0.05, 0) is 74.6 Å². The molecule has 180 valence electrons. The molecule has 4 rings (SSSR count). The molecule has 0 aliphatic carbocycles. The van der Waals surface area contributed by atoms with Crippen LogP contribution >= 0.6 is 0 Å². The van der Waals surface area contributed by atoms with Gasteiger partial charge < -0.3 is 19.7 Å². The van der Waals surface area contributed by atoms with E-state index in [0.29, 0.717) is 29.6 Å². The number of ether oxygens (including phenoxy) is 2. The van der Waals surface area contributed by atoms with Crippen LogP contribution in [0.1, 0.15) is 42.4 Å². The summed E-state index contributed by atoms with van der Waals surface area (Å²) in [4.78, 5) is 10.9. The van der Waals surface area contributed by atoms with E-state index in [4.69, 9.17) is 9.47 Å². The van der Waals surface area contributed by atoms with Crippen molar-refractivity contribution in [2.24, 2.45) is 0 Å². The van der Waals surface area contributed by atoms with Crippen molar-refractivity contribution in [2.75, 3.05) is 32.6 Å². The van der Waals surface area contributed by atoms with E-state index in [1.54, 1.807) is 6.92 Å². The normalized spacial score (nSPS) is 14.7. The molecule has 0 saturated carbocycles. The third-order valence-corrected chi connectivity index (χ3v) is 6.30. The zero-order valence-corrected chi connectivity index (χ0v) is 19.8. The Morgan fingerprint density at radius 2 is 1.74 bits per heavy atom. The van der Waals surface area contributed by atoms with Gasteiger partial charge in [-0.2, -0.15) is 0 Å². The number of halogens is 2. The molecule has 1 aliphatic rings. The number of rotatable bonds is 8. The maximum Gasteiger partial charge on any atom is 0.227 e. The number of nitrogens with one attached hydrogen (secondary N) is 1. The quantitative estimate of drug-likeness (QED) is 0.474. The smallest absolute Gasteiger partial charge is 0.227 e. The van der Waals surface area contributed by atoms with E-state index in [-0.39, 0.29) is 17.9 Å². The summed E-state index contributed by atoms with van der Waals surface area (Å²) in [6.07, 6.45) is 5.71. The van der Waals surface area contributed by atoms with Crippen LogP contribution in [-0.4, -0.2) is 42.1 Å². The van der Waals surface area contributed by atoms with Gasteiger partial charge in [0.05, 0.1) is 25.1 Å². The second-order valence-electron chi connectivity index (χ2n) is 8.55. The van der Waals surface area contributed by atoms with Crippen LogP contribution in [0.3, 0.4) is 0 Å². The average molecular weight is 469 g/mol. The zero-order valence-electron chi connectivity index (χ0n) is 19.8. The summed E-state index contributed by atoms with van der Waals surface area (Å²) in [5, 5.41) is 3.17. The lowest BCUT2D eigenvalue weighted by Gasteiger charge is -2.29. The first-order valence-electron chi connectivity index (χ1n) is 11.5. The van der Waals surface area contributed by atoms with Gasteiger partial charge in [-0.15, -0.1) is 0 Å². The molecule has 2 aromatic carbocycles.